The SMILES string of the molecule is CC(N)C(=O)N(C)C(C)c1ccc(Cl)cc1Cl.Cl. The molecule has 0 spiro atoms. The van der Waals surface area contributed by atoms with Crippen molar-refractivity contribution in [3.8, 4) is 0 Å². The Kier molecular flexibility index (Phi) is 7.00. The fraction of sp³-hybridized carbons (Fsp3) is 0.417. The molecule has 0 fully saturated rings. The van der Waals surface area contributed by atoms with Gasteiger partial charge in [0.25, 0.3) is 0 Å². The van der Waals surface area contributed by atoms with E-state index in [0.717, 1.165) is 5.56 Å². The molecule has 1 aromatic carbocycles. The first kappa shape index (κ1) is 17.5. The van der Waals surface area contributed by atoms with Gasteiger partial charge >= 0.3 is 0 Å². The van der Waals surface area contributed by atoms with Crippen LogP contribution in [-0.2, 0) is 4.79 Å². The third-order valence-electron chi connectivity index (χ3n) is 2.73. The number of carbonyl (C=O) groups excluding carboxylic acids is 1. The Morgan fingerprint density at radius 3 is 2.33 bits per heavy atom. The van der Waals surface area contributed by atoms with Crippen LogP contribution >= 0.6 is 35.6 Å². The molecule has 3 nitrogen and oxygen atoms in total. The highest BCUT2D eigenvalue weighted by atomic mass is 35.5. The molecular weight excluding hydrogens is 295 g/mol. The Labute approximate surface area is 124 Å². The minimum absolute atomic E-state index is 0. The predicted octanol–water partition coefficient (Wildman–Crippen LogP) is 3.28. The Balaban J connectivity index is 0.00000289. The number of halogens is 3. The molecule has 0 heterocycles. The van der Waals surface area contributed by atoms with Gasteiger partial charge in [0, 0.05) is 17.1 Å². The van der Waals surface area contributed by atoms with Gasteiger partial charge in [0.2, 0.25) is 5.91 Å². The smallest absolute Gasteiger partial charge is 0.239 e. The molecule has 0 aromatic heterocycles. The molecule has 0 saturated heterocycles. The zero-order valence-electron chi connectivity index (χ0n) is 10.5. The van der Waals surface area contributed by atoms with Crippen molar-refractivity contribution in [1.82, 2.24) is 4.90 Å². The number of likely N-dealkylation sites (N-methyl/N-ethyl adjacent to an activating group) is 1. The summed E-state index contributed by atoms with van der Waals surface area (Å²) in [6, 6.07) is 4.58. The highest BCUT2D eigenvalue weighted by molar-refractivity contribution is 6.35. The maximum Gasteiger partial charge on any atom is 0.239 e. The Morgan fingerprint density at radius 2 is 1.89 bits per heavy atom. The molecule has 0 saturated carbocycles. The summed E-state index contributed by atoms with van der Waals surface area (Å²) < 4.78 is 0. The molecule has 2 N–H and O–H groups in total. The van der Waals surface area contributed by atoms with Crippen LogP contribution in [0.25, 0.3) is 0 Å². The number of hydrogen-bond donors (Lipinski definition) is 1. The summed E-state index contributed by atoms with van der Waals surface area (Å²) in [5, 5.41) is 1.13. The molecular formula is C12H17Cl3N2O. The standard InChI is InChI=1S/C12H16Cl2N2O.ClH/c1-7(15)12(17)16(3)8(2)10-5-4-9(13)6-11(10)14;/h4-8H,15H2,1-3H3;1H. The highest BCUT2D eigenvalue weighted by Gasteiger charge is 2.21. The molecule has 0 aliphatic rings. The lowest BCUT2D eigenvalue weighted by Gasteiger charge is -2.27. The summed E-state index contributed by atoms with van der Waals surface area (Å²) in [6.45, 7) is 3.56. The molecule has 2 atom stereocenters. The molecule has 1 rings (SSSR count). The summed E-state index contributed by atoms with van der Waals surface area (Å²) in [4.78, 5) is 13.4. The van der Waals surface area contributed by atoms with E-state index >= 15 is 0 Å². The van der Waals surface area contributed by atoms with Crippen LogP contribution in [0, 0.1) is 0 Å². The minimum Gasteiger partial charge on any atom is -0.338 e. The minimum atomic E-state index is -0.520. The van der Waals surface area contributed by atoms with E-state index in [0.29, 0.717) is 10.0 Å². The van der Waals surface area contributed by atoms with Gasteiger partial charge in [-0.25, -0.2) is 0 Å². The second-order valence-corrected chi connectivity index (χ2v) is 4.92. The van der Waals surface area contributed by atoms with Gasteiger partial charge in [0.05, 0.1) is 12.1 Å². The van der Waals surface area contributed by atoms with Gasteiger partial charge in [-0.3, -0.25) is 4.79 Å². The number of benzene rings is 1. The lowest BCUT2D eigenvalue weighted by atomic mass is 10.1. The molecule has 0 aliphatic carbocycles. The third-order valence-corrected chi connectivity index (χ3v) is 3.29. The van der Waals surface area contributed by atoms with Crippen LogP contribution < -0.4 is 5.73 Å². The van der Waals surface area contributed by atoms with E-state index in [4.69, 9.17) is 28.9 Å². The van der Waals surface area contributed by atoms with Gasteiger partial charge < -0.3 is 10.6 Å². The van der Waals surface area contributed by atoms with Crippen LogP contribution in [0.3, 0.4) is 0 Å². The molecule has 0 radical (unpaired) electrons. The first-order valence-electron chi connectivity index (χ1n) is 5.31. The van der Waals surface area contributed by atoms with E-state index in [1.54, 1.807) is 31.0 Å². The van der Waals surface area contributed by atoms with Crippen molar-refractivity contribution in [1.29, 1.82) is 0 Å². The summed E-state index contributed by atoms with van der Waals surface area (Å²) in [7, 11) is 1.71. The van der Waals surface area contributed by atoms with E-state index in [2.05, 4.69) is 0 Å². The largest absolute Gasteiger partial charge is 0.338 e. The molecule has 0 bridgehead atoms. The van der Waals surface area contributed by atoms with E-state index in [1.165, 1.54) is 0 Å². The lowest BCUT2D eigenvalue weighted by Crippen LogP contribution is -2.41. The number of carbonyl (C=O) groups is 1. The summed E-state index contributed by atoms with van der Waals surface area (Å²) in [5.74, 6) is -0.122. The first-order valence-corrected chi connectivity index (χ1v) is 6.07. The normalized spacial score (nSPS) is 13.4. The summed E-state index contributed by atoms with van der Waals surface area (Å²) in [5.41, 5.74) is 6.42. The maximum absolute atomic E-state index is 11.8. The number of hydrogen-bond acceptors (Lipinski definition) is 2. The van der Waals surface area contributed by atoms with Crippen molar-refractivity contribution in [2.24, 2.45) is 5.73 Å². The van der Waals surface area contributed by atoms with E-state index < -0.39 is 6.04 Å². The van der Waals surface area contributed by atoms with E-state index in [1.807, 2.05) is 13.0 Å². The Morgan fingerprint density at radius 1 is 1.33 bits per heavy atom. The van der Waals surface area contributed by atoms with Crippen molar-refractivity contribution in [2.45, 2.75) is 25.9 Å². The van der Waals surface area contributed by atoms with Crippen LogP contribution in [0.2, 0.25) is 10.0 Å². The molecule has 2 unspecified atom stereocenters. The number of nitrogens with two attached hydrogens (primary N) is 1. The number of rotatable bonds is 3. The van der Waals surface area contributed by atoms with Crippen LogP contribution in [-0.4, -0.2) is 23.9 Å². The van der Waals surface area contributed by atoms with Gasteiger partial charge in [0.1, 0.15) is 0 Å². The van der Waals surface area contributed by atoms with Gasteiger partial charge in [-0.05, 0) is 31.5 Å². The quantitative estimate of drug-likeness (QED) is 0.931. The Hall–Kier alpha value is -0.480. The van der Waals surface area contributed by atoms with Gasteiger partial charge in [0.15, 0.2) is 0 Å². The van der Waals surface area contributed by atoms with E-state index in [-0.39, 0.29) is 24.4 Å². The van der Waals surface area contributed by atoms with Crippen molar-refractivity contribution in [3.63, 3.8) is 0 Å². The highest BCUT2D eigenvalue weighted by Crippen LogP contribution is 2.29. The van der Waals surface area contributed by atoms with Gasteiger partial charge in [-0.1, -0.05) is 29.3 Å². The molecule has 0 aliphatic heterocycles. The van der Waals surface area contributed by atoms with Crippen molar-refractivity contribution in [2.75, 3.05) is 7.05 Å². The molecule has 1 amide bonds. The van der Waals surface area contributed by atoms with Crippen molar-refractivity contribution in [3.05, 3.63) is 33.8 Å². The number of amides is 1. The zero-order valence-corrected chi connectivity index (χ0v) is 12.8. The van der Waals surface area contributed by atoms with E-state index in [9.17, 15) is 4.79 Å². The molecule has 18 heavy (non-hydrogen) atoms. The van der Waals surface area contributed by atoms with Crippen LogP contribution in [0.5, 0.6) is 0 Å². The average molecular weight is 312 g/mol. The maximum atomic E-state index is 11.8. The van der Waals surface area contributed by atoms with Gasteiger partial charge in [-0.15, -0.1) is 12.4 Å². The fourth-order valence-corrected chi connectivity index (χ4v) is 2.13. The molecule has 1 aromatic rings. The number of nitrogens with zero attached hydrogens (tertiary/aromatic N) is 1. The topological polar surface area (TPSA) is 46.3 Å². The average Bonchev–Trinajstić information content (AvgIpc) is 2.26. The van der Waals surface area contributed by atoms with Crippen LogP contribution in [0.1, 0.15) is 25.5 Å². The third kappa shape index (κ3) is 4.02. The second kappa shape index (κ2) is 7.19. The fourth-order valence-electron chi connectivity index (χ4n) is 1.56. The van der Waals surface area contributed by atoms with Crippen LogP contribution in [0.15, 0.2) is 18.2 Å². The second-order valence-electron chi connectivity index (χ2n) is 4.08. The predicted molar refractivity (Wildman–Crippen MR) is 78.5 cm³/mol. The first-order chi connectivity index (χ1) is 7.84. The monoisotopic (exact) mass is 310 g/mol. The van der Waals surface area contributed by atoms with Crippen LogP contribution in [0.4, 0.5) is 0 Å². The lowest BCUT2D eigenvalue weighted by molar-refractivity contribution is -0.132. The van der Waals surface area contributed by atoms with Crippen molar-refractivity contribution >= 4 is 41.5 Å². The zero-order chi connectivity index (χ0) is 13.2. The van der Waals surface area contributed by atoms with Gasteiger partial charge in [-0.2, -0.15) is 0 Å². The summed E-state index contributed by atoms with van der Waals surface area (Å²) in [6.07, 6.45) is 0. The Bertz CT molecular complexity index is 424. The molecule has 102 valence electrons. The van der Waals surface area contributed by atoms with Crippen molar-refractivity contribution < 1.29 is 4.79 Å². The molecule has 6 heteroatoms. The summed E-state index contributed by atoms with van der Waals surface area (Å²) >= 11 is 11.9.